The van der Waals surface area contributed by atoms with Crippen molar-refractivity contribution in [3.8, 4) is 11.5 Å². The molecular formula is C15H14ClNO6S. The highest BCUT2D eigenvalue weighted by Crippen LogP contribution is 2.38. The summed E-state index contributed by atoms with van der Waals surface area (Å²) in [6, 6.07) is 3.19. The number of carboxylic acids is 1. The van der Waals surface area contributed by atoms with Gasteiger partial charge in [0.2, 0.25) is 0 Å². The predicted molar refractivity (Wildman–Crippen MR) is 89.5 cm³/mol. The number of hydrogen-bond donors (Lipinski definition) is 1. The van der Waals surface area contributed by atoms with E-state index in [2.05, 4.69) is 0 Å². The van der Waals surface area contributed by atoms with E-state index in [9.17, 15) is 14.4 Å². The van der Waals surface area contributed by atoms with Crippen LogP contribution in [0.15, 0.2) is 17.0 Å². The Morgan fingerprint density at radius 2 is 2.12 bits per heavy atom. The van der Waals surface area contributed by atoms with E-state index in [1.54, 1.807) is 19.1 Å². The second-order valence-corrected chi connectivity index (χ2v) is 6.03. The van der Waals surface area contributed by atoms with E-state index in [-0.39, 0.29) is 4.91 Å². The lowest BCUT2D eigenvalue weighted by atomic mass is 10.1. The van der Waals surface area contributed by atoms with Crippen LogP contribution in [-0.4, -0.2) is 47.4 Å². The highest BCUT2D eigenvalue weighted by Gasteiger charge is 2.36. The third kappa shape index (κ3) is 3.82. The van der Waals surface area contributed by atoms with E-state index in [0.29, 0.717) is 45.4 Å². The van der Waals surface area contributed by atoms with Crippen molar-refractivity contribution in [1.82, 2.24) is 4.90 Å². The number of carbonyl (C=O) groups is 3. The van der Waals surface area contributed by atoms with Crippen LogP contribution in [0.5, 0.6) is 11.5 Å². The number of hydrogen-bond acceptors (Lipinski definition) is 6. The van der Waals surface area contributed by atoms with Gasteiger partial charge in [0.25, 0.3) is 11.1 Å². The Hall–Kier alpha value is -2.19. The minimum atomic E-state index is -1.26. The zero-order valence-corrected chi connectivity index (χ0v) is 14.4. The van der Waals surface area contributed by atoms with Gasteiger partial charge >= 0.3 is 5.97 Å². The van der Waals surface area contributed by atoms with Crippen LogP contribution in [-0.2, 0) is 9.59 Å². The maximum Gasteiger partial charge on any atom is 0.323 e. The Morgan fingerprint density at radius 3 is 2.71 bits per heavy atom. The first-order valence-corrected chi connectivity index (χ1v) is 8.04. The number of amides is 2. The van der Waals surface area contributed by atoms with Gasteiger partial charge in [-0.05, 0) is 42.5 Å². The number of ether oxygens (including phenoxy) is 2. The second kappa shape index (κ2) is 7.59. The first-order chi connectivity index (χ1) is 11.4. The molecule has 2 amide bonds. The van der Waals surface area contributed by atoms with E-state index in [4.69, 9.17) is 26.2 Å². The lowest BCUT2D eigenvalue weighted by molar-refractivity contribution is -0.140. The molecule has 0 radical (unpaired) electrons. The van der Waals surface area contributed by atoms with Crippen LogP contribution < -0.4 is 9.47 Å². The van der Waals surface area contributed by atoms with Crippen LogP contribution >= 0.6 is 23.4 Å². The van der Waals surface area contributed by atoms with Crippen molar-refractivity contribution in [3.63, 3.8) is 0 Å². The normalized spacial score (nSPS) is 16.0. The van der Waals surface area contributed by atoms with E-state index in [1.807, 2.05) is 0 Å². The van der Waals surface area contributed by atoms with Gasteiger partial charge in [-0.3, -0.25) is 19.3 Å². The molecule has 0 saturated carbocycles. The summed E-state index contributed by atoms with van der Waals surface area (Å²) >= 11 is 6.81. The van der Waals surface area contributed by atoms with Crippen molar-refractivity contribution < 1.29 is 29.0 Å². The second-order valence-electron chi connectivity index (χ2n) is 4.63. The molecule has 1 aliphatic heterocycles. The van der Waals surface area contributed by atoms with E-state index in [0.717, 1.165) is 0 Å². The van der Waals surface area contributed by atoms with Crippen LogP contribution in [0.3, 0.4) is 0 Å². The molecule has 9 heteroatoms. The number of rotatable bonds is 6. The molecule has 1 aromatic carbocycles. The summed E-state index contributed by atoms with van der Waals surface area (Å²) in [6.07, 6.45) is 1.46. The maximum absolute atomic E-state index is 12.1. The third-order valence-electron chi connectivity index (χ3n) is 3.00. The minimum absolute atomic E-state index is 0.116. The summed E-state index contributed by atoms with van der Waals surface area (Å²) in [6.45, 7) is 1.53. The lowest BCUT2D eigenvalue weighted by Gasteiger charge is -2.12. The molecule has 1 fully saturated rings. The standard InChI is InChI=1S/C15H14ClNO6S/c1-3-23-10-5-8(4-9(16)13(10)22-2)6-11-14(20)17(7-12(18)19)15(21)24-11/h4-6H,3,7H2,1-2H3,(H,18,19)/b11-6+. The van der Waals surface area contributed by atoms with Crippen molar-refractivity contribution in [3.05, 3.63) is 27.6 Å². The van der Waals surface area contributed by atoms with Crippen molar-refractivity contribution in [1.29, 1.82) is 0 Å². The zero-order chi connectivity index (χ0) is 17.9. The highest BCUT2D eigenvalue weighted by molar-refractivity contribution is 8.18. The average molecular weight is 372 g/mol. The molecule has 1 aromatic rings. The minimum Gasteiger partial charge on any atom is -0.491 e. The summed E-state index contributed by atoms with van der Waals surface area (Å²) in [5.74, 6) is -1.14. The molecule has 0 atom stereocenters. The fourth-order valence-corrected chi connectivity index (χ4v) is 3.19. The number of thioether (sulfide) groups is 1. The number of imide groups is 1. The molecule has 1 aliphatic rings. The molecule has 128 valence electrons. The lowest BCUT2D eigenvalue weighted by Crippen LogP contribution is -2.33. The predicted octanol–water partition coefficient (Wildman–Crippen LogP) is 2.87. The number of methoxy groups -OCH3 is 1. The quantitative estimate of drug-likeness (QED) is 0.768. The van der Waals surface area contributed by atoms with Crippen LogP contribution in [0.1, 0.15) is 12.5 Å². The van der Waals surface area contributed by atoms with Gasteiger partial charge < -0.3 is 14.6 Å². The Kier molecular flexibility index (Phi) is 5.74. The number of nitrogens with zero attached hydrogens (tertiary/aromatic N) is 1. The number of halogens is 1. The largest absolute Gasteiger partial charge is 0.491 e. The third-order valence-corrected chi connectivity index (χ3v) is 4.19. The van der Waals surface area contributed by atoms with Gasteiger partial charge in [0.15, 0.2) is 11.5 Å². The Morgan fingerprint density at radius 1 is 1.42 bits per heavy atom. The van der Waals surface area contributed by atoms with Crippen LogP contribution in [0.2, 0.25) is 5.02 Å². The Bertz CT molecular complexity index is 733. The SMILES string of the molecule is CCOc1cc(/C=C2/SC(=O)N(CC(=O)O)C2=O)cc(Cl)c1OC. The van der Waals surface area contributed by atoms with Crippen LogP contribution in [0.25, 0.3) is 6.08 Å². The molecule has 0 aromatic heterocycles. The van der Waals surface area contributed by atoms with Gasteiger partial charge in [-0.1, -0.05) is 11.6 Å². The molecule has 1 N–H and O–H groups in total. The van der Waals surface area contributed by atoms with Gasteiger partial charge in [-0.2, -0.15) is 0 Å². The zero-order valence-electron chi connectivity index (χ0n) is 12.9. The van der Waals surface area contributed by atoms with Crippen LogP contribution in [0, 0.1) is 0 Å². The van der Waals surface area contributed by atoms with Crippen molar-refractivity contribution in [2.45, 2.75) is 6.92 Å². The fourth-order valence-electron chi connectivity index (χ4n) is 2.06. The molecule has 1 heterocycles. The topological polar surface area (TPSA) is 93.1 Å². The summed E-state index contributed by atoms with van der Waals surface area (Å²) in [5, 5.41) is 8.42. The monoisotopic (exact) mass is 371 g/mol. The molecule has 0 aliphatic carbocycles. The van der Waals surface area contributed by atoms with E-state index < -0.39 is 23.7 Å². The molecule has 24 heavy (non-hydrogen) atoms. The summed E-state index contributed by atoms with van der Waals surface area (Å²) in [7, 11) is 1.46. The van der Waals surface area contributed by atoms with Gasteiger partial charge in [0.1, 0.15) is 6.54 Å². The maximum atomic E-state index is 12.1. The van der Waals surface area contributed by atoms with Gasteiger partial charge in [-0.15, -0.1) is 0 Å². The molecular weight excluding hydrogens is 358 g/mol. The van der Waals surface area contributed by atoms with Gasteiger partial charge in [0.05, 0.1) is 23.6 Å². The fraction of sp³-hybridized carbons (Fsp3) is 0.267. The number of aliphatic carboxylic acids is 1. The van der Waals surface area contributed by atoms with E-state index in [1.165, 1.54) is 13.2 Å². The number of carbonyl (C=O) groups excluding carboxylic acids is 2. The molecule has 0 unspecified atom stereocenters. The molecule has 0 spiro atoms. The highest BCUT2D eigenvalue weighted by atomic mass is 35.5. The number of carboxylic acid groups (broad SMARTS) is 1. The average Bonchev–Trinajstić information content (AvgIpc) is 2.75. The van der Waals surface area contributed by atoms with Crippen molar-refractivity contribution in [2.24, 2.45) is 0 Å². The summed E-state index contributed by atoms with van der Waals surface area (Å²) in [4.78, 5) is 35.4. The molecule has 2 rings (SSSR count). The first-order valence-electron chi connectivity index (χ1n) is 6.84. The van der Waals surface area contributed by atoms with Crippen molar-refractivity contribution in [2.75, 3.05) is 20.3 Å². The Labute approximate surface area is 147 Å². The van der Waals surface area contributed by atoms with Gasteiger partial charge in [0, 0.05) is 0 Å². The van der Waals surface area contributed by atoms with Crippen molar-refractivity contribution >= 4 is 46.6 Å². The molecule has 1 saturated heterocycles. The van der Waals surface area contributed by atoms with Gasteiger partial charge in [-0.25, -0.2) is 0 Å². The Balaban J connectivity index is 2.36. The molecule has 0 bridgehead atoms. The summed E-state index contributed by atoms with van der Waals surface area (Å²) < 4.78 is 10.6. The summed E-state index contributed by atoms with van der Waals surface area (Å²) in [5.41, 5.74) is 0.532. The van der Waals surface area contributed by atoms with E-state index >= 15 is 0 Å². The smallest absolute Gasteiger partial charge is 0.323 e. The van der Waals surface area contributed by atoms with Crippen LogP contribution in [0.4, 0.5) is 4.79 Å². The first kappa shape index (κ1) is 18.2. The molecule has 7 nitrogen and oxygen atoms in total. The number of benzene rings is 1.